The van der Waals surface area contributed by atoms with E-state index in [0.717, 1.165) is 23.7 Å². The molecule has 6 atom stereocenters. The molecule has 0 aromatic rings. The third-order valence-corrected chi connectivity index (χ3v) is 9.60. The van der Waals surface area contributed by atoms with E-state index in [9.17, 15) is 23.1 Å². The second-order valence-electron chi connectivity index (χ2n) is 9.40. The van der Waals surface area contributed by atoms with Crippen LogP contribution >= 0.6 is 15.9 Å². The Morgan fingerprint density at radius 1 is 1.04 bits per heavy atom. The summed E-state index contributed by atoms with van der Waals surface area (Å²) in [6.07, 6.45) is -0.289. The molecule has 0 spiro atoms. The third kappa shape index (κ3) is 2.17. The van der Waals surface area contributed by atoms with Crippen molar-refractivity contribution in [3.05, 3.63) is 10.1 Å². The normalized spacial score (nSPS) is 48.9. The molecular formula is C20H26BrF3O2. The van der Waals surface area contributed by atoms with Gasteiger partial charge < -0.3 is 5.11 Å². The van der Waals surface area contributed by atoms with Crippen LogP contribution in [-0.4, -0.2) is 22.7 Å². The first-order chi connectivity index (χ1) is 12.0. The van der Waals surface area contributed by atoms with Gasteiger partial charge in [0, 0.05) is 11.8 Å². The maximum atomic E-state index is 13.7. The first-order valence-electron chi connectivity index (χ1n) is 9.67. The maximum Gasteiger partial charge on any atom is 0.417 e. The molecule has 26 heavy (non-hydrogen) atoms. The van der Waals surface area contributed by atoms with Crippen molar-refractivity contribution in [2.45, 2.75) is 77.0 Å². The Hall–Kier alpha value is -0.360. The summed E-state index contributed by atoms with van der Waals surface area (Å²) in [6.45, 7) is 3.88. The summed E-state index contributed by atoms with van der Waals surface area (Å²) in [5, 5.41) is 10.7. The Bertz CT molecular complexity index is 687. The lowest BCUT2D eigenvalue weighted by molar-refractivity contribution is -0.303. The van der Waals surface area contributed by atoms with Crippen LogP contribution in [0.3, 0.4) is 0 Å². The van der Waals surface area contributed by atoms with Gasteiger partial charge in [0.25, 0.3) is 0 Å². The van der Waals surface area contributed by atoms with Gasteiger partial charge in [-0.15, -0.1) is 0 Å². The number of ketones is 1. The van der Waals surface area contributed by atoms with Crippen LogP contribution in [-0.2, 0) is 4.79 Å². The topological polar surface area (TPSA) is 37.3 Å². The molecule has 3 saturated carbocycles. The number of fused-ring (bicyclic) bond motifs is 5. The molecule has 0 aromatic heterocycles. The van der Waals surface area contributed by atoms with Gasteiger partial charge in [-0.1, -0.05) is 13.8 Å². The molecule has 2 nitrogen and oxygen atoms in total. The molecule has 0 bridgehead atoms. The van der Waals surface area contributed by atoms with Crippen molar-refractivity contribution in [2.75, 3.05) is 0 Å². The number of alkyl halides is 3. The number of carbonyl (C=O) groups is 1. The van der Waals surface area contributed by atoms with Gasteiger partial charge in [-0.05, 0) is 89.6 Å². The minimum Gasteiger partial charge on any atom is -0.380 e. The quantitative estimate of drug-likeness (QED) is 0.543. The number of hydrogen-bond donors (Lipinski definition) is 1. The predicted molar refractivity (Wildman–Crippen MR) is 95.6 cm³/mol. The monoisotopic (exact) mass is 434 g/mol. The molecule has 0 radical (unpaired) electrons. The van der Waals surface area contributed by atoms with Gasteiger partial charge in [0.1, 0.15) is 0 Å². The average molecular weight is 435 g/mol. The van der Waals surface area contributed by atoms with Crippen LogP contribution in [0.15, 0.2) is 10.1 Å². The van der Waals surface area contributed by atoms with Gasteiger partial charge in [0.2, 0.25) is 0 Å². The Morgan fingerprint density at radius 3 is 2.35 bits per heavy atom. The van der Waals surface area contributed by atoms with E-state index in [0.29, 0.717) is 31.6 Å². The molecule has 1 unspecified atom stereocenters. The molecule has 4 aliphatic rings. The van der Waals surface area contributed by atoms with E-state index < -0.39 is 17.2 Å². The number of allylic oxidation sites excluding steroid dienone is 1. The molecule has 146 valence electrons. The first-order valence-corrected chi connectivity index (χ1v) is 10.5. The maximum absolute atomic E-state index is 13.7. The van der Waals surface area contributed by atoms with E-state index >= 15 is 0 Å². The average Bonchev–Trinajstić information content (AvgIpc) is 2.84. The minimum atomic E-state index is -4.58. The third-order valence-electron chi connectivity index (χ3n) is 8.67. The number of halogens is 4. The van der Waals surface area contributed by atoms with Crippen molar-refractivity contribution in [1.82, 2.24) is 0 Å². The van der Waals surface area contributed by atoms with Crippen LogP contribution in [0.1, 0.15) is 65.2 Å². The number of Topliss-reactive ketones (excluding diaryl/α,β-unsaturated/α-hetero) is 1. The van der Waals surface area contributed by atoms with Gasteiger partial charge in [-0.2, -0.15) is 13.2 Å². The fourth-order valence-electron chi connectivity index (χ4n) is 7.13. The largest absolute Gasteiger partial charge is 0.417 e. The zero-order valence-corrected chi connectivity index (χ0v) is 16.8. The molecule has 4 aliphatic carbocycles. The molecule has 0 aliphatic heterocycles. The van der Waals surface area contributed by atoms with Crippen LogP contribution in [0.25, 0.3) is 0 Å². The first kappa shape index (κ1) is 19.0. The van der Waals surface area contributed by atoms with Crippen molar-refractivity contribution in [3.8, 4) is 0 Å². The number of carbonyl (C=O) groups excluding carboxylic acids is 1. The summed E-state index contributed by atoms with van der Waals surface area (Å²) in [5.41, 5.74) is -2.57. The summed E-state index contributed by atoms with van der Waals surface area (Å²) in [4.78, 5) is 12.1. The van der Waals surface area contributed by atoms with Crippen LogP contribution in [0, 0.1) is 28.6 Å². The summed E-state index contributed by atoms with van der Waals surface area (Å²) in [5.74, 6) is 0.569. The zero-order valence-electron chi connectivity index (χ0n) is 15.3. The smallest absolute Gasteiger partial charge is 0.380 e. The van der Waals surface area contributed by atoms with Crippen LogP contribution in [0.4, 0.5) is 13.2 Å². The second kappa shape index (κ2) is 5.59. The van der Waals surface area contributed by atoms with Crippen molar-refractivity contribution >= 4 is 21.7 Å². The summed E-state index contributed by atoms with van der Waals surface area (Å²) >= 11 is 3.50. The highest BCUT2D eigenvalue weighted by Gasteiger charge is 2.72. The molecular weight excluding hydrogens is 409 g/mol. The second-order valence-corrected chi connectivity index (χ2v) is 10.2. The molecule has 0 amide bonds. The highest BCUT2D eigenvalue weighted by molar-refractivity contribution is 9.12. The van der Waals surface area contributed by atoms with E-state index in [1.54, 1.807) is 6.92 Å². The van der Waals surface area contributed by atoms with Crippen molar-refractivity contribution in [3.63, 3.8) is 0 Å². The fourth-order valence-corrected chi connectivity index (χ4v) is 7.98. The Morgan fingerprint density at radius 2 is 1.69 bits per heavy atom. The molecule has 3 fully saturated rings. The van der Waals surface area contributed by atoms with Crippen molar-refractivity contribution < 1.29 is 23.1 Å². The lowest BCUT2D eigenvalue weighted by Gasteiger charge is -2.59. The molecule has 1 N–H and O–H groups in total. The van der Waals surface area contributed by atoms with Gasteiger partial charge in [-0.25, -0.2) is 0 Å². The van der Waals surface area contributed by atoms with E-state index in [1.165, 1.54) is 5.57 Å². The zero-order chi connectivity index (χ0) is 19.1. The highest BCUT2D eigenvalue weighted by Crippen LogP contribution is 2.70. The molecule has 4 rings (SSSR count). The fraction of sp³-hybridized carbons (Fsp3) is 0.850. The van der Waals surface area contributed by atoms with Crippen LogP contribution < -0.4 is 0 Å². The van der Waals surface area contributed by atoms with E-state index in [-0.39, 0.29) is 29.5 Å². The van der Waals surface area contributed by atoms with Crippen LogP contribution in [0.5, 0.6) is 0 Å². The number of rotatable bonds is 0. The number of hydrogen-bond acceptors (Lipinski definition) is 2. The summed E-state index contributed by atoms with van der Waals surface area (Å²) in [7, 11) is 0. The minimum absolute atomic E-state index is 0.0948. The summed E-state index contributed by atoms with van der Waals surface area (Å²) in [6, 6.07) is 0. The van der Waals surface area contributed by atoms with Crippen molar-refractivity contribution in [2.24, 2.45) is 28.6 Å². The van der Waals surface area contributed by atoms with E-state index in [2.05, 4.69) is 22.9 Å². The standard InChI is InChI=1S/C20H26BrF3O2/c1-17-8-7-15(25)16(21)14(17)4-3-11-12(17)5-9-18(2)13(11)6-10-19(18,26)20(22,23)24/h11-13,26H,3-10H2,1-2H3/t11-,12-,13+,17-,18+,19?/m1/s1. The van der Waals surface area contributed by atoms with Gasteiger partial charge in [0.15, 0.2) is 11.4 Å². The lowest BCUT2D eigenvalue weighted by Crippen LogP contribution is -2.60. The van der Waals surface area contributed by atoms with Gasteiger partial charge in [-0.3, -0.25) is 4.79 Å². The SMILES string of the molecule is C[C@]12CCC(=O)C(Br)=C1CC[C@@H]1[C@H]2CC[C@@]2(C)[C@H]1CCC2(O)C(F)(F)F. The molecule has 0 aromatic carbocycles. The van der Waals surface area contributed by atoms with Gasteiger partial charge in [0.05, 0.1) is 4.48 Å². The van der Waals surface area contributed by atoms with Crippen LogP contribution in [0.2, 0.25) is 0 Å². The molecule has 6 heteroatoms. The Kier molecular flexibility index (Phi) is 4.08. The number of aliphatic hydroxyl groups is 1. The van der Waals surface area contributed by atoms with Gasteiger partial charge >= 0.3 is 6.18 Å². The molecule has 0 heterocycles. The Balaban J connectivity index is 1.72. The Labute approximate surface area is 160 Å². The van der Waals surface area contributed by atoms with E-state index in [1.807, 2.05) is 0 Å². The summed E-state index contributed by atoms with van der Waals surface area (Å²) < 4.78 is 41.9. The lowest BCUT2D eigenvalue weighted by atomic mass is 9.46. The predicted octanol–water partition coefficient (Wildman–Crippen LogP) is 5.53. The molecule has 0 saturated heterocycles. The van der Waals surface area contributed by atoms with E-state index in [4.69, 9.17) is 0 Å². The van der Waals surface area contributed by atoms with Crippen molar-refractivity contribution in [1.29, 1.82) is 0 Å². The highest BCUT2D eigenvalue weighted by atomic mass is 79.9.